The molecule has 3 rings (SSSR count). The summed E-state index contributed by atoms with van der Waals surface area (Å²) in [6.45, 7) is 5.24. The molecule has 1 aliphatic heterocycles. The standard InChI is InChI=1S/C20H22F3N3O/c1-13-3-5-15(6-4-13)14(2)24-18-11-26(12-18)19(27)25-17-9-7-16(8-10-17)20(21,22)23/h3-10,14,18,24H,11-12H2,1-2H3,(H,25,27). The highest BCUT2D eigenvalue weighted by Crippen LogP contribution is 2.30. The van der Waals surface area contributed by atoms with Crippen molar-refractivity contribution in [3.63, 3.8) is 0 Å². The van der Waals surface area contributed by atoms with E-state index in [0.717, 1.165) is 12.1 Å². The van der Waals surface area contributed by atoms with Crippen LogP contribution >= 0.6 is 0 Å². The minimum Gasteiger partial charge on any atom is -0.321 e. The van der Waals surface area contributed by atoms with Gasteiger partial charge < -0.3 is 15.5 Å². The Balaban J connectivity index is 1.46. The Kier molecular flexibility index (Phi) is 5.41. The highest BCUT2D eigenvalue weighted by molar-refractivity contribution is 5.89. The van der Waals surface area contributed by atoms with Crippen molar-refractivity contribution in [1.82, 2.24) is 10.2 Å². The SMILES string of the molecule is Cc1ccc(C(C)NC2CN(C(=O)Nc3ccc(C(F)(F)F)cc3)C2)cc1. The molecular formula is C20H22F3N3O. The van der Waals surface area contributed by atoms with Crippen molar-refractivity contribution in [3.8, 4) is 0 Å². The Morgan fingerprint density at radius 1 is 1.07 bits per heavy atom. The van der Waals surface area contributed by atoms with E-state index < -0.39 is 11.7 Å². The fourth-order valence-electron chi connectivity index (χ4n) is 3.00. The number of likely N-dealkylation sites (tertiary alicyclic amines) is 1. The van der Waals surface area contributed by atoms with E-state index in [1.165, 1.54) is 23.3 Å². The Labute approximate surface area is 156 Å². The van der Waals surface area contributed by atoms with Crippen LogP contribution in [0.15, 0.2) is 48.5 Å². The number of hydrogen-bond donors (Lipinski definition) is 2. The second-order valence-corrected chi connectivity index (χ2v) is 6.91. The highest BCUT2D eigenvalue weighted by atomic mass is 19.4. The number of nitrogens with zero attached hydrogens (tertiary/aromatic N) is 1. The second kappa shape index (κ2) is 7.60. The molecule has 1 saturated heterocycles. The van der Waals surface area contributed by atoms with Crippen molar-refractivity contribution in [3.05, 3.63) is 65.2 Å². The van der Waals surface area contributed by atoms with Gasteiger partial charge in [0, 0.05) is 30.9 Å². The average molecular weight is 377 g/mol. The fraction of sp³-hybridized carbons (Fsp3) is 0.350. The van der Waals surface area contributed by atoms with Gasteiger partial charge >= 0.3 is 12.2 Å². The Morgan fingerprint density at radius 2 is 1.67 bits per heavy atom. The first-order chi connectivity index (χ1) is 12.7. The summed E-state index contributed by atoms with van der Waals surface area (Å²) in [5.41, 5.74) is 2.00. The normalized spacial score (nSPS) is 16.0. The fourth-order valence-corrected chi connectivity index (χ4v) is 3.00. The molecule has 2 N–H and O–H groups in total. The van der Waals surface area contributed by atoms with Crippen LogP contribution in [0.3, 0.4) is 0 Å². The molecule has 0 aromatic heterocycles. The van der Waals surface area contributed by atoms with Crippen molar-refractivity contribution in [2.24, 2.45) is 0 Å². The summed E-state index contributed by atoms with van der Waals surface area (Å²) >= 11 is 0. The number of hydrogen-bond acceptors (Lipinski definition) is 2. The van der Waals surface area contributed by atoms with Crippen molar-refractivity contribution >= 4 is 11.7 Å². The Morgan fingerprint density at radius 3 is 2.22 bits per heavy atom. The molecule has 144 valence electrons. The number of benzene rings is 2. The number of urea groups is 1. The molecule has 0 radical (unpaired) electrons. The number of aryl methyl sites for hydroxylation is 1. The molecule has 2 aromatic rings. The number of rotatable bonds is 4. The maximum Gasteiger partial charge on any atom is 0.416 e. The first-order valence-corrected chi connectivity index (χ1v) is 8.78. The van der Waals surface area contributed by atoms with E-state index in [-0.39, 0.29) is 18.1 Å². The van der Waals surface area contributed by atoms with E-state index in [0.29, 0.717) is 18.8 Å². The molecular weight excluding hydrogens is 355 g/mol. The van der Waals surface area contributed by atoms with Crippen LogP contribution in [0.1, 0.15) is 29.7 Å². The molecule has 0 bridgehead atoms. The molecule has 1 heterocycles. The van der Waals surface area contributed by atoms with Gasteiger partial charge in [-0.3, -0.25) is 0 Å². The van der Waals surface area contributed by atoms with Crippen LogP contribution < -0.4 is 10.6 Å². The molecule has 1 aliphatic rings. The number of anilines is 1. The van der Waals surface area contributed by atoms with E-state index in [2.05, 4.69) is 41.8 Å². The van der Waals surface area contributed by atoms with Gasteiger partial charge in [-0.1, -0.05) is 29.8 Å². The predicted molar refractivity (Wildman–Crippen MR) is 98.6 cm³/mol. The van der Waals surface area contributed by atoms with E-state index in [1.807, 2.05) is 6.92 Å². The second-order valence-electron chi connectivity index (χ2n) is 6.91. The first kappa shape index (κ1) is 19.2. The van der Waals surface area contributed by atoms with Crippen LogP contribution in [0.25, 0.3) is 0 Å². The van der Waals surface area contributed by atoms with E-state index >= 15 is 0 Å². The molecule has 27 heavy (non-hydrogen) atoms. The van der Waals surface area contributed by atoms with E-state index in [9.17, 15) is 18.0 Å². The van der Waals surface area contributed by atoms with Crippen LogP contribution in [-0.2, 0) is 6.18 Å². The zero-order valence-electron chi connectivity index (χ0n) is 15.2. The summed E-state index contributed by atoms with van der Waals surface area (Å²) in [6, 6.07) is 12.8. The largest absolute Gasteiger partial charge is 0.416 e. The van der Waals surface area contributed by atoms with E-state index in [4.69, 9.17) is 0 Å². The van der Waals surface area contributed by atoms with Crippen LogP contribution in [-0.4, -0.2) is 30.1 Å². The lowest BCUT2D eigenvalue weighted by molar-refractivity contribution is -0.137. The van der Waals surface area contributed by atoms with Crippen molar-refractivity contribution in [2.75, 3.05) is 18.4 Å². The zero-order chi connectivity index (χ0) is 19.6. The third-order valence-corrected chi connectivity index (χ3v) is 4.70. The van der Waals surface area contributed by atoms with Gasteiger partial charge in [0.2, 0.25) is 0 Å². The zero-order valence-corrected chi connectivity index (χ0v) is 15.2. The quantitative estimate of drug-likeness (QED) is 0.819. The van der Waals surface area contributed by atoms with Crippen molar-refractivity contribution in [2.45, 2.75) is 32.1 Å². The van der Waals surface area contributed by atoms with Gasteiger partial charge in [-0.05, 0) is 43.7 Å². The predicted octanol–water partition coefficient (Wildman–Crippen LogP) is 4.58. The summed E-state index contributed by atoms with van der Waals surface area (Å²) in [5.74, 6) is 0. The minimum absolute atomic E-state index is 0.177. The van der Waals surface area contributed by atoms with Gasteiger partial charge in [-0.2, -0.15) is 13.2 Å². The van der Waals surface area contributed by atoms with Crippen LogP contribution in [0.2, 0.25) is 0 Å². The lowest BCUT2D eigenvalue weighted by Gasteiger charge is -2.41. The Bertz CT molecular complexity index is 782. The number of halogens is 3. The molecule has 7 heteroatoms. The lowest BCUT2D eigenvalue weighted by atomic mass is 10.0. The third-order valence-electron chi connectivity index (χ3n) is 4.70. The third kappa shape index (κ3) is 4.80. The maximum atomic E-state index is 12.6. The number of alkyl halides is 3. The van der Waals surface area contributed by atoms with Crippen LogP contribution in [0.5, 0.6) is 0 Å². The topological polar surface area (TPSA) is 44.4 Å². The molecule has 1 atom stereocenters. The van der Waals surface area contributed by atoms with Gasteiger partial charge in [-0.25, -0.2) is 4.79 Å². The number of carbonyl (C=O) groups excluding carboxylic acids is 1. The summed E-state index contributed by atoms with van der Waals surface area (Å²) in [4.78, 5) is 13.8. The van der Waals surface area contributed by atoms with Gasteiger partial charge in [0.25, 0.3) is 0 Å². The van der Waals surface area contributed by atoms with E-state index in [1.54, 1.807) is 4.90 Å². The first-order valence-electron chi connectivity index (χ1n) is 8.78. The summed E-state index contributed by atoms with van der Waals surface area (Å²) < 4.78 is 37.7. The summed E-state index contributed by atoms with van der Waals surface area (Å²) in [6.07, 6.45) is -4.38. The molecule has 0 saturated carbocycles. The molecule has 0 spiro atoms. The monoisotopic (exact) mass is 377 g/mol. The Hall–Kier alpha value is -2.54. The minimum atomic E-state index is -4.38. The lowest BCUT2D eigenvalue weighted by Crippen LogP contribution is -2.61. The maximum absolute atomic E-state index is 12.6. The van der Waals surface area contributed by atoms with Crippen molar-refractivity contribution in [1.29, 1.82) is 0 Å². The molecule has 0 aliphatic carbocycles. The van der Waals surface area contributed by atoms with Gasteiger partial charge in [-0.15, -0.1) is 0 Å². The number of nitrogens with one attached hydrogen (secondary N) is 2. The average Bonchev–Trinajstić information content (AvgIpc) is 2.57. The number of amides is 2. The summed E-state index contributed by atoms with van der Waals surface area (Å²) in [5, 5.41) is 6.10. The summed E-state index contributed by atoms with van der Waals surface area (Å²) in [7, 11) is 0. The smallest absolute Gasteiger partial charge is 0.321 e. The molecule has 4 nitrogen and oxygen atoms in total. The highest BCUT2D eigenvalue weighted by Gasteiger charge is 2.32. The van der Waals surface area contributed by atoms with Crippen LogP contribution in [0.4, 0.5) is 23.7 Å². The molecule has 1 unspecified atom stereocenters. The van der Waals surface area contributed by atoms with Crippen molar-refractivity contribution < 1.29 is 18.0 Å². The van der Waals surface area contributed by atoms with Gasteiger partial charge in [0.1, 0.15) is 0 Å². The molecule has 2 amide bonds. The number of carbonyl (C=O) groups is 1. The molecule has 2 aromatic carbocycles. The van der Waals surface area contributed by atoms with Crippen LogP contribution in [0, 0.1) is 6.92 Å². The van der Waals surface area contributed by atoms with Gasteiger partial charge in [0.15, 0.2) is 0 Å². The molecule has 1 fully saturated rings. The van der Waals surface area contributed by atoms with Gasteiger partial charge in [0.05, 0.1) is 5.56 Å².